The highest BCUT2D eigenvalue weighted by Crippen LogP contribution is 2.67. The molecular weight excluding hydrogens is 250 g/mol. The fraction of sp³-hybridized carbons (Fsp3) is 1.00. The van der Waals surface area contributed by atoms with Crippen LogP contribution < -0.4 is 0 Å². The van der Waals surface area contributed by atoms with E-state index in [1.165, 1.54) is 0 Å². The van der Waals surface area contributed by atoms with Gasteiger partial charge in [-0.1, -0.05) is 13.8 Å². The van der Waals surface area contributed by atoms with Gasteiger partial charge >= 0.3 is 0 Å². The summed E-state index contributed by atoms with van der Waals surface area (Å²) in [6.07, 6.45) is 1.40. The molecule has 0 aromatic carbocycles. The van der Waals surface area contributed by atoms with Gasteiger partial charge in [-0.2, -0.15) is 0 Å². The highest BCUT2D eigenvalue weighted by atomic mass is 31.2. The highest BCUT2D eigenvalue weighted by Gasteiger charge is 2.74. The lowest BCUT2D eigenvalue weighted by Gasteiger charge is -2.32. The average Bonchev–Trinajstić information content (AvgIpc) is 3.06. The Morgan fingerprint density at radius 3 is 2.39 bits per heavy atom. The Balaban J connectivity index is 2.07. The Kier molecular flexibility index (Phi) is 3.52. The van der Waals surface area contributed by atoms with Gasteiger partial charge < -0.3 is 19.5 Å². The van der Waals surface area contributed by atoms with Crippen molar-refractivity contribution in [3.63, 3.8) is 0 Å². The Bertz CT molecular complexity index is 378. The van der Waals surface area contributed by atoms with Gasteiger partial charge in [0.15, 0.2) is 0 Å². The summed E-state index contributed by atoms with van der Waals surface area (Å²) < 4.78 is 18.2. The molecule has 2 aliphatic rings. The molecule has 4 nitrogen and oxygen atoms in total. The summed E-state index contributed by atoms with van der Waals surface area (Å²) in [5, 5.41) is 20.5. The lowest BCUT2D eigenvalue weighted by atomic mass is 9.73. The zero-order valence-electron chi connectivity index (χ0n) is 11.7. The lowest BCUT2D eigenvalue weighted by molar-refractivity contribution is -0.115. The van der Waals surface area contributed by atoms with E-state index >= 15 is 0 Å². The first-order chi connectivity index (χ1) is 8.23. The van der Waals surface area contributed by atoms with Crippen LogP contribution in [0.4, 0.5) is 0 Å². The van der Waals surface area contributed by atoms with Crippen LogP contribution in [0, 0.1) is 5.92 Å². The Labute approximate surface area is 110 Å². The highest BCUT2D eigenvalue weighted by molar-refractivity contribution is 7.63. The van der Waals surface area contributed by atoms with Crippen molar-refractivity contribution in [1.82, 2.24) is 0 Å². The molecule has 0 amide bonds. The Hall–Kier alpha value is 0.175. The molecule has 0 bridgehead atoms. The monoisotopic (exact) mass is 274 g/mol. The van der Waals surface area contributed by atoms with Crippen LogP contribution in [0.1, 0.15) is 27.2 Å². The lowest BCUT2D eigenvalue weighted by Crippen LogP contribution is -2.46. The second-order valence-electron chi connectivity index (χ2n) is 6.15. The van der Waals surface area contributed by atoms with Crippen molar-refractivity contribution >= 4 is 15.0 Å². The summed E-state index contributed by atoms with van der Waals surface area (Å²) >= 11 is 0. The maximum Gasteiger partial charge on any atom is 0.112 e. The molecule has 0 aromatic heterocycles. The van der Waals surface area contributed by atoms with Crippen LogP contribution in [-0.2, 0) is 9.30 Å². The number of hydrogen-bond acceptors (Lipinski definition) is 4. The average molecular weight is 274 g/mol. The van der Waals surface area contributed by atoms with Crippen molar-refractivity contribution in [3.8, 4) is 0 Å². The summed E-state index contributed by atoms with van der Waals surface area (Å²) in [6.45, 7) is 5.50. The van der Waals surface area contributed by atoms with Crippen LogP contribution in [0.2, 0.25) is 5.82 Å². The fourth-order valence-electron chi connectivity index (χ4n) is 3.24. The molecule has 0 aromatic rings. The SMILES string of the molecule is B[C@@H]1[C@H]2CC2(OCP(=O)(CC)CC)[C@@H](O)[C@@]1(C)O. The van der Waals surface area contributed by atoms with E-state index in [9.17, 15) is 14.8 Å². The molecule has 0 aliphatic heterocycles. The van der Waals surface area contributed by atoms with Gasteiger partial charge in [-0.3, -0.25) is 0 Å². The molecule has 0 saturated heterocycles. The maximum absolute atomic E-state index is 12.3. The summed E-state index contributed by atoms with van der Waals surface area (Å²) in [4.78, 5) is 0. The first kappa shape index (κ1) is 14.6. The van der Waals surface area contributed by atoms with Crippen LogP contribution in [0.25, 0.3) is 0 Å². The van der Waals surface area contributed by atoms with Gasteiger partial charge in [0.2, 0.25) is 0 Å². The molecule has 18 heavy (non-hydrogen) atoms. The molecule has 2 rings (SSSR count). The molecule has 5 atom stereocenters. The topological polar surface area (TPSA) is 66.8 Å². The summed E-state index contributed by atoms with van der Waals surface area (Å²) in [5.41, 5.74) is -1.73. The van der Waals surface area contributed by atoms with Gasteiger partial charge in [-0.05, 0) is 25.1 Å². The number of aliphatic hydroxyl groups is 2. The van der Waals surface area contributed by atoms with Crippen molar-refractivity contribution in [3.05, 3.63) is 0 Å². The fourth-order valence-corrected chi connectivity index (χ4v) is 4.53. The number of hydrogen-bond donors (Lipinski definition) is 2. The number of ether oxygens (including phenoxy) is 1. The molecule has 2 saturated carbocycles. The van der Waals surface area contributed by atoms with Crippen LogP contribution in [0.15, 0.2) is 0 Å². The second-order valence-corrected chi connectivity index (χ2v) is 9.79. The van der Waals surface area contributed by atoms with Crippen molar-refractivity contribution in [2.24, 2.45) is 5.92 Å². The number of fused-ring (bicyclic) bond motifs is 1. The minimum Gasteiger partial charge on any atom is -0.388 e. The second kappa shape index (κ2) is 4.34. The quantitative estimate of drug-likeness (QED) is 0.571. The van der Waals surface area contributed by atoms with Crippen molar-refractivity contribution in [1.29, 1.82) is 0 Å². The summed E-state index contributed by atoms with van der Waals surface area (Å²) in [7, 11) is -0.303. The van der Waals surface area contributed by atoms with E-state index in [0.29, 0.717) is 12.3 Å². The standard InChI is InChI=1S/C12H24BO4P/c1-4-18(16,5-2)7-17-12-6-8(12)9(13)11(3,15)10(12)14/h8-10,14-15H,4-7,13H2,1-3H3/t8-,9-,10+,11+,12?/m1/s1. The summed E-state index contributed by atoms with van der Waals surface area (Å²) in [5.74, 6) is 0.222. The van der Waals surface area contributed by atoms with E-state index in [2.05, 4.69) is 0 Å². The molecule has 0 radical (unpaired) electrons. The van der Waals surface area contributed by atoms with Gasteiger partial charge in [-0.15, -0.1) is 0 Å². The Morgan fingerprint density at radius 2 is 2.00 bits per heavy atom. The van der Waals surface area contributed by atoms with Gasteiger partial charge in [-0.25, -0.2) is 0 Å². The first-order valence-electron chi connectivity index (χ1n) is 6.85. The van der Waals surface area contributed by atoms with Crippen LogP contribution >= 0.6 is 7.14 Å². The smallest absolute Gasteiger partial charge is 0.112 e. The largest absolute Gasteiger partial charge is 0.388 e. The van der Waals surface area contributed by atoms with Crippen LogP contribution in [0.3, 0.4) is 0 Å². The molecule has 2 aliphatic carbocycles. The third kappa shape index (κ3) is 1.91. The van der Waals surface area contributed by atoms with E-state index in [1.54, 1.807) is 6.92 Å². The zero-order chi connectivity index (χ0) is 13.8. The van der Waals surface area contributed by atoms with Crippen LogP contribution in [0.5, 0.6) is 0 Å². The van der Waals surface area contributed by atoms with Crippen molar-refractivity contribution in [2.75, 3.05) is 18.7 Å². The maximum atomic E-state index is 12.3. The first-order valence-corrected chi connectivity index (χ1v) is 9.11. The molecule has 104 valence electrons. The molecule has 6 heteroatoms. The van der Waals surface area contributed by atoms with Gasteiger partial charge in [0.1, 0.15) is 33.0 Å². The van der Waals surface area contributed by atoms with E-state index in [1.807, 2.05) is 21.7 Å². The third-order valence-corrected chi connectivity index (χ3v) is 8.17. The van der Waals surface area contributed by atoms with E-state index < -0.39 is 24.4 Å². The van der Waals surface area contributed by atoms with Gasteiger partial charge in [0.05, 0.1) is 5.60 Å². The Morgan fingerprint density at radius 1 is 1.44 bits per heavy atom. The minimum absolute atomic E-state index is 0.0233. The molecule has 0 heterocycles. The molecular formula is C12H24BO4P. The van der Waals surface area contributed by atoms with Crippen molar-refractivity contribution in [2.45, 2.75) is 50.3 Å². The van der Waals surface area contributed by atoms with E-state index in [-0.39, 0.29) is 18.1 Å². The molecule has 2 fully saturated rings. The van der Waals surface area contributed by atoms with Crippen LogP contribution in [-0.4, -0.2) is 54.0 Å². The van der Waals surface area contributed by atoms with Gasteiger partial charge in [0.25, 0.3) is 0 Å². The van der Waals surface area contributed by atoms with Crippen molar-refractivity contribution < 1.29 is 19.5 Å². The molecule has 1 unspecified atom stereocenters. The number of rotatable bonds is 5. The zero-order valence-corrected chi connectivity index (χ0v) is 12.6. The van der Waals surface area contributed by atoms with E-state index in [0.717, 1.165) is 6.42 Å². The minimum atomic E-state index is -2.25. The molecule has 0 spiro atoms. The normalized spacial score (nSPS) is 47.1. The molecule has 2 N–H and O–H groups in total. The van der Waals surface area contributed by atoms with E-state index in [4.69, 9.17) is 4.74 Å². The number of aliphatic hydroxyl groups excluding tert-OH is 1. The third-order valence-electron chi connectivity index (χ3n) is 5.27. The predicted molar refractivity (Wildman–Crippen MR) is 74.4 cm³/mol. The summed E-state index contributed by atoms with van der Waals surface area (Å²) in [6, 6.07) is 0. The predicted octanol–water partition coefficient (Wildman–Crippen LogP) is 0.669. The van der Waals surface area contributed by atoms with Gasteiger partial charge in [0, 0.05) is 12.3 Å².